The topological polar surface area (TPSA) is 47.9 Å². The predicted octanol–water partition coefficient (Wildman–Crippen LogP) is 4.42. The van der Waals surface area contributed by atoms with Gasteiger partial charge in [-0.15, -0.1) is 11.3 Å². The Kier molecular flexibility index (Phi) is 5.08. The highest BCUT2D eigenvalue weighted by Gasteiger charge is 2.09. The highest BCUT2D eigenvalue weighted by atomic mass is 32.1. The third-order valence-corrected chi connectivity index (χ3v) is 4.70. The molecule has 0 aliphatic rings. The molecule has 0 amide bonds. The van der Waals surface area contributed by atoms with Gasteiger partial charge in [-0.05, 0) is 37.1 Å². The van der Waals surface area contributed by atoms with Crippen LogP contribution in [0.1, 0.15) is 22.5 Å². The van der Waals surface area contributed by atoms with Crippen molar-refractivity contribution < 1.29 is 4.74 Å². The molecule has 0 bridgehead atoms. The summed E-state index contributed by atoms with van der Waals surface area (Å²) in [5.41, 5.74) is 5.35. The molecule has 0 aliphatic heterocycles. The van der Waals surface area contributed by atoms with Gasteiger partial charge in [-0.2, -0.15) is 0 Å². The van der Waals surface area contributed by atoms with Gasteiger partial charge in [-0.25, -0.2) is 9.97 Å². The van der Waals surface area contributed by atoms with Crippen LogP contribution in [0.3, 0.4) is 0 Å². The molecule has 0 saturated heterocycles. The van der Waals surface area contributed by atoms with Crippen molar-refractivity contribution in [1.29, 1.82) is 0 Å². The standard InChI is InChI=1S/C22H17N3OS/c1-16-5-7-17(8-6-16)9-10-19-22(25-21-15-27-14-20(21)24-19)26-13-11-18-4-2-3-12-23-18/h2-8,12,14-15H,11,13H2,1H3. The molecule has 0 aliphatic carbocycles. The van der Waals surface area contributed by atoms with Crippen molar-refractivity contribution in [2.75, 3.05) is 6.61 Å². The Hall–Kier alpha value is -3.23. The van der Waals surface area contributed by atoms with E-state index in [9.17, 15) is 0 Å². The van der Waals surface area contributed by atoms with E-state index in [0.717, 1.165) is 22.3 Å². The Bertz CT molecular complexity index is 1110. The van der Waals surface area contributed by atoms with E-state index >= 15 is 0 Å². The number of hydrogen-bond donors (Lipinski definition) is 0. The van der Waals surface area contributed by atoms with Crippen LogP contribution in [0, 0.1) is 18.8 Å². The van der Waals surface area contributed by atoms with Crippen molar-refractivity contribution in [2.45, 2.75) is 13.3 Å². The largest absolute Gasteiger partial charge is 0.475 e. The maximum Gasteiger partial charge on any atom is 0.249 e. The molecular weight excluding hydrogens is 354 g/mol. The first kappa shape index (κ1) is 17.2. The molecule has 0 unspecified atom stereocenters. The van der Waals surface area contributed by atoms with Crippen molar-refractivity contribution >= 4 is 22.4 Å². The molecule has 132 valence electrons. The molecule has 0 fully saturated rings. The van der Waals surface area contributed by atoms with Gasteiger partial charge in [0.25, 0.3) is 0 Å². The van der Waals surface area contributed by atoms with Crippen LogP contribution in [-0.2, 0) is 6.42 Å². The lowest BCUT2D eigenvalue weighted by Crippen LogP contribution is -2.06. The van der Waals surface area contributed by atoms with Crippen molar-refractivity contribution in [3.05, 3.63) is 81.9 Å². The lowest BCUT2D eigenvalue weighted by molar-refractivity contribution is 0.307. The van der Waals surface area contributed by atoms with Crippen LogP contribution < -0.4 is 4.74 Å². The molecule has 0 N–H and O–H groups in total. The Labute approximate surface area is 161 Å². The fourth-order valence-electron chi connectivity index (χ4n) is 2.53. The second-order valence-electron chi connectivity index (χ2n) is 6.06. The molecule has 27 heavy (non-hydrogen) atoms. The van der Waals surface area contributed by atoms with Gasteiger partial charge >= 0.3 is 0 Å². The maximum absolute atomic E-state index is 5.91. The van der Waals surface area contributed by atoms with Crippen molar-refractivity contribution in [3.8, 4) is 17.7 Å². The zero-order valence-corrected chi connectivity index (χ0v) is 15.7. The highest BCUT2D eigenvalue weighted by Crippen LogP contribution is 2.21. The number of thiophene rings is 1. The number of ether oxygens (including phenoxy) is 1. The smallest absolute Gasteiger partial charge is 0.249 e. The van der Waals surface area contributed by atoms with E-state index < -0.39 is 0 Å². The average molecular weight is 371 g/mol. The van der Waals surface area contributed by atoms with Crippen LogP contribution in [0.15, 0.2) is 59.4 Å². The molecule has 0 radical (unpaired) electrons. The fourth-order valence-corrected chi connectivity index (χ4v) is 3.20. The van der Waals surface area contributed by atoms with Gasteiger partial charge in [-0.1, -0.05) is 29.7 Å². The molecule has 4 rings (SSSR count). The average Bonchev–Trinajstić information content (AvgIpc) is 3.15. The summed E-state index contributed by atoms with van der Waals surface area (Å²) in [5.74, 6) is 6.74. The van der Waals surface area contributed by atoms with Crippen LogP contribution >= 0.6 is 11.3 Å². The summed E-state index contributed by atoms with van der Waals surface area (Å²) in [5, 5.41) is 3.93. The minimum atomic E-state index is 0.469. The first-order chi connectivity index (χ1) is 13.3. The van der Waals surface area contributed by atoms with E-state index in [2.05, 4.69) is 33.7 Å². The molecule has 1 aromatic carbocycles. The fraction of sp³-hybridized carbons (Fsp3) is 0.136. The van der Waals surface area contributed by atoms with Crippen LogP contribution in [0.5, 0.6) is 5.88 Å². The summed E-state index contributed by atoms with van der Waals surface area (Å²) in [6.45, 7) is 2.53. The van der Waals surface area contributed by atoms with Gasteiger partial charge in [0.1, 0.15) is 11.0 Å². The van der Waals surface area contributed by atoms with Gasteiger partial charge in [0.05, 0.1) is 6.61 Å². The molecule has 3 aromatic heterocycles. The normalized spacial score (nSPS) is 10.4. The van der Waals surface area contributed by atoms with Crippen molar-refractivity contribution in [3.63, 3.8) is 0 Å². The van der Waals surface area contributed by atoms with Crippen LogP contribution in [0.2, 0.25) is 0 Å². The molecule has 0 atom stereocenters. The Morgan fingerprint density at radius 3 is 2.56 bits per heavy atom. The number of benzene rings is 1. The first-order valence-corrected chi connectivity index (χ1v) is 9.57. The molecule has 5 heteroatoms. The second kappa shape index (κ2) is 7.98. The van der Waals surface area contributed by atoms with Crippen LogP contribution in [-0.4, -0.2) is 21.6 Å². The summed E-state index contributed by atoms with van der Waals surface area (Å²) >= 11 is 1.57. The second-order valence-corrected chi connectivity index (χ2v) is 6.80. The monoisotopic (exact) mass is 371 g/mol. The van der Waals surface area contributed by atoms with Gasteiger partial charge in [0, 0.05) is 34.6 Å². The number of aryl methyl sites for hydroxylation is 1. The van der Waals surface area contributed by atoms with Crippen LogP contribution in [0.4, 0.5) is 0 Å². The molecule has 4 aromatic rings. The minimum Gasteiger partial charge on any atom is -0.475 e. The van der Waals surface area contributed by atoms with E-state index in [1.807, 2.05) is 53.2 Å². The lowest BCUT2D eigenvalue weighted by Gasteiger charge is -2.07. The number of aromatic nitrogens is 3. The molecule has 4 nitrogen and oxygen atoms in total. The first-order valence-electron chi connectivity index (χ1n) is 8.63. The predicted molar refractivity (Wildman–Crippen MR) is 108 cm³/mol. The molecule has 0 saturated carbocycles. The molecular formula is C22H17N3OS. The molecule has 3 heterocycles. The number of hydrogen-bond acceptors (Lipinski definition) is 5. The van der Waals surface area contributed by atoms with E-state index in [0.29, 0.717) is 24.6 Å². The highest BCUT2D eigenvalue weighted by molar-refractivity contribution is 7.09. The third-order valence-electron chi connectivity index (χ3n) is 3.98. The Morgan fingerprint density at radius 1 is 0.963 bits per heavy atom. The summed E-state index contributed by atoms with van der Waals surface area (Å²) < 4.78 is 5.91. The van der Waals surface area contributed by atoms with E-state index in [4.69, 9.17) is 4.74 Å². The summed E-state index contributed by atoms with van der Waals surface area (Å²) in [6.07, 6.45) is 2.49. The van der Waals surface area contributed by atoms with Crippen molar-refractivity contribution in [2.24, 2.45) is 0 Å². The number of fused-ring (bicyclic) bond motifs is 1. The quantitative estimate of drug-likeness (QED) is 0.498. The van der Waals surface area contributed by atoms with Crippen LogP contribution in [0.25, 0.3) is 11.0 Å². The van der Waals surface area contributed by atoms with E-state index in [1.165, 1.54) is 5.56 Å². The summed E-state index contributed by atoms with van der Waals surface area (Å²) in [6, 6.07) is 13.9. The Balaban J connectivity index is 1.58. The number of nitrogens with zero attached hydrogens (tertiary/aromatic N) is 3. The van der Waals surface area contributed by atoms with Gasteiger partial charge in [-0.3, -0.25) is 4.98 Å². The van der Waals surface area contributed by atoms with Gasteiger partial charge in [0.15, 0.2) is 5.69 Å². The minimum absolute atomic E-state index is 0.469. The van der Waals surface area contributed by atoms with E-state index in [1.54, 1.807) is 17.5 Å². The lowest BCUT2D eigenvalue weighted by atomic mass is 10.1. The molecule has 0 spiro atoms. The maximum atomic E-state index is 5.91. The third kappa shape index (κ3) is 4.30. The van der Waals surface area contributed by atoms with E-state index in [-0.39, 0.29) is 0 Å². The van der Waals surface area contributed by atoms with Gasteiger partial charge in [0.2, 0.25) is 5.88 Å². The zero-order chi connectivity index (χ0) is 18.5. The summed E-state index contributed by atoms with van der Waals surface area (Å²) in [4.78, 5) is 13.5. The number of rotatable bonds is 4. The van der Waals surface area contributed by atoms with Crippen molar-refractivity contribution in [1.82, 2.24) is 15.0 Å². The number of pyridine rings is 1. The van der Waals surface area contributed by atoms with Gasteiger partial charge < -0.3 is 4.74 Å². The summed E-state index contributed by atoms with van der Waals surface area (Å²) in [7, 11) is 0. The zero-order valence-electron chi connectivity index (χ0n) is 14.8. The Morgan fingerprint density at radius 2 is 1.78 bits per heavy atom. The SMILES string of the molecule is Cc1ccc(C#Cc2nc3cscc3nc2OCCc2ccccn2)cc1.